The van der Waals surface area contributed by atoms with Crippen molar-refractivity contribution in [2.24, 2.45) is 0 Å². The Morgan fingerprint density at radius 2 is 0.576 bits per heavy atom. The number of quaternary nitrogens is 1. The highest BCUT2D eigenvalue weighted by Gasteiger charge is 2.25. The Bertz CT molecular complexity index is 1820. The molecule has 0 amide bonds. The van der Waals surface area contributed by atoms with Crippen LogP contribution in [0.3, 0.4) is 0 Å². The van der Waals surface area contributed by atoms with Crippen LogP contribution in [-0.4, -0.2) is 87.4 Å². The molecule has 0 aromatic rings. The van der Waals surface area contributed by atoms with E-state index in [-0.39, 0.29) is 38.2 Å². The van der Waals surface area contributed by atoms with Gasteiger partial charge in [0.05, 0.1) is 34.4 Å². The lowest BCUT2D eigenvalue weighted by atomic mass is 10.0. The summed E-state index contributed by atoms with van der Waals surface area (Å²) < 4.78 is 23.1. The van der Waals surface area contributed by atoms with Crippen LogP contribution >= 0.6 is 0 Å². The van der Waals surface area contributed by atoms with E-state index in [1.54, 1.807) is 0 Å². The van der Waals surface area contributed by atoms with E-state index in [2.05, 4.69) is 74.6 Å². The van der Waals surface area contributed by atoms with Crippen molar-refractivity contribution < 1.29 is 42.9 Å². The average Bonchev–Trinajstić information content (AvgIpc) is 1.14. The second-order valence-electron chi connectivity index (χ2n) is 30.8. The highest BCUT2D eigenvalue weighted by Crippen LogP contribution is 2.21. The summed E-state index contributed by atoms with van der Waals surface area (Å²) in [5.41, 5.74) is 0. The first-order chi connectivity index (χ1) is 48.6. The van der Waals surface area contributed by atoms with Crippen molar-refractivity contribution >= 4 is 17.9 Å². The Balaban J connectivity index is 3.92. The maximum atomic E-state index is 13.0. The number of likely N-dealkylation sites (N-methyl/N-ethyl adjacent to an activating group) is 1. The van der Waals surface area contributed by atoms with Gasteiger partial charge in [0.2, 0.25) is 0 Å². The highest BCUT2D eigenvalue weighted by atomic mass is 16.7. The lowest BCUT2D eigenvalue weighted by molar-refractivity contribution is -0.870. The molecule has 0 bridgehead atoms. The zero-order chi connectivity index (χ0) is 71.8. The monoisotopic (exact) mass is 1390 g/mol. The first kappa shape index (κ1) is 96.0. The average molecular weight is 1390 g/mol. The molecule has 0 fully saturated rings. The molecule has 0 rings (SSSR count). The van der Waals surface area contributed by atoms with E-state index in [1.807, 2.05) is 21.1 Å². The van der Waals surface area contributed by atoms with Crippen LogP contribution in [0.1, 0.15) is 438 Å². The molecule has 0 aliphatic heterocycles. The summed E-state index contributed by atoms with van der Waals surface area (Å²) in [7, 11) is 6.00. The molecule has 9 nitrogen and oxygen atoms in total. The van der Waals surface area contributed by atoms with Crippen molar-refractivity contribution in [2.45, 2.75) is 450 Å². The fourth-order valence-corrected chi connectivity index (χ4v) is 13.2. The molecule has 9 heteroatoms. The topological polar surface area (TPSA) is 108 Å². The molecule has 0 aromatic carbocycles. The molecule has 1 N–H and O–H groups in total. The normalized spacial score (nSPS) is 12.9. The Labute approximate surface area is 615 Å². The van der Waals surface area contributed by atoms with Crippen LogP contribution in [0, 0.1) is 0 Å². The first-order valence-electron chi connectivity index (χ1n) is 43.5. The molecule has 0 aromatic heterocycles. The van der Waals surface area contributed by atoms with Gasteiger partial charge < -0.3 is 28.5 Å². The van der Waals surface area contributed by atoms with Crippen molar-refractivity contribution in [2.75, 3.05) is 47.5 Å². The van der Waals surface area contributed by atoms with Gasteiger partial charge in [0.15, 0.2) is 6.10 Å². The van der Waals surface area contributed by atoms with Crippen LogP contribution in [-0.2, 0) is 33.3 Å². The summed E-state index contributed by atoms with van der Waals surface area (Å²) in [5, 5.41) is 9.79. The van der Waals surface area contributed by atoms with Crippen LogP contribution in [0.4, 0.5) is 0 Å². The van der Waals surface area contributed by atoms with Crippen LogP contribution in [0.15, 0.2) is 60.8 Å². The number of nitrogens with zero attached hydrogens (tertiary/aromatic N) is 1. The van der Waals surface area contributed by atoms with Crippen LogP contribution in [0.2, 0.25) is 0 Å². The number of carboxylic acids is 1. The Morgan fingerprint density at radius 1 is 0.313 bits per heavy atom. The van der Waals surface area contributed by atoms with Crippen molar-refractivity contribution in [1.29, 1.82) is 0 Å². The van der Waals surface area contributed by atoms with E-state index >= 15 is 0 Å². The number of aliphatic carboxylic acids is 1. The molecular formula is C90H168NO8+. The second-order valence-corrected chi connectivity index (χ2v) is 30.8. The smallest absolute Gasteiger partial charge is 0.361 e. The van der Waals surface area contributed by atoms with Gasteiger partial charge in [-0.3, -0.25) is 9.59 Å². The fourth-order valence-electron chi connectivity index (χ4n) is 13.2. The van der Waals surface area contributed by atoms with E-state index in [9.17, 15) is 19.5 Å². The second kappa shape index (κ2) is 80.7. The minimum Gasteiger partial charge on any atom is -0.477 e. The third-order valence-electron chi connectivity index (χ3n) is 19.8. The predicted molar refractivity (Wildman–Crippen MR) is 429 cm³/mol. The Hall–Kier alpha value is -3.01. The zero-order valence-electron chi connectivity index (χ0n) is 66.7. The molecule has 0 saturated carbocycles. The summed E-state index contributed by atoms with van der Waals surface area (Å²) >= 11 is 0. The number of rotatable bonds is 82. The fraction of sp³-hybridized carbons (Fsp3) is 0.856. The molecule has 0 saturated heterocycles. The van der Waals surface area contributed by atoms with Crippen LogP contribution < -0.4 is 0 Å². The minimum absolute atomic E-state index is 0.175. The lowest BCUT2D eigenvalue weighted by Crippen LogP contribution is -2.40. The number of hydrogen-bond donors (Lipinski definition) is 1. The van der Waals surface area contributed by atoms with Gasteiger partial charge in [-0.1, -0.05) is 428 Å². The number of ether oxygens (including phenoxy) is 4. The third-order valence-corrected chi connectivity index (χ3v) is 19.8. The maximum absolute atomic E-state index is 13.0. The van der Waals surface area contributed by atoms with Crippen molar-refractivity contribution in [3.05, 3.63) is 60.8 Å². The maximum Gasteiger partial charge on any atom is 0.361 e. The van der Waals surface area contributed by atoms with Gasteiger partial charge >= 0.3 is 17.9 Å². The van der Waals surface area contributed by atoms with E-state index in [4.69, 9.17) is 18.9 Å². The number of esters is 2. The summed E-state index contributed by atoms with van der Waals surface area (Å²) in [5.74, 6) is -1.97. The number of hydrogen-bond acceptors (Lipinski definition) is 7. The van der Waals surface area contributed by atoms with Gasteiger partial charge in [-0.05, 0) is 57.8 Å². The summed E-state index contributed by atoms with van der Waals surface area (Å²) in [6.07, 6.45) is 106. The molecule has 0 radical (unpaired) electrons. The van der Waals surface area contributed by atoms with Crippen molar-refractivity contribution in [3.8, 4) is 0 Å². The van der Waals surface area contributed by atoms with Crippen molar-refractivity contribution in [3.63, 3.8) is 0 Å². The van der Waals surface area contributed by atoms with Gasteiger partial charge in [-0.15, -0.1) is 0 Å². The Morgan fingerprint density at radius 3 is 0.859 bits per heavy atom. The highest BCUT2D eigenvalue weighted by molar-refractivity contribution is 5.71. The molecule has 0 aliphatic carbocycles. The SMILES string of the molecule is CC/C=C\C/C=C\C/C=C\C/C=C\C/C=C\CCCCCCCCCCCCCCCCCCCCCCCCCC(=O)OC(COC(=O)CCCCCCCCCCCCCCCCCCCCCCCCCCCCCCCCCCCCC)COC(OCC[N+](C)(C)C)C(=O)O. The van der Waals surface area contributed by atoms with Crippen LogP contribution in [0.5, 0.6) is 0 Å². The number of carbonyl (C=O) groups is 3. The third kappa shape index (κ3) is 82.2. The molecule has 0 heterocycles. The standard InChI is InChI=1S/C90H167NO8/c1-6-8-10-12-14-16-18-20-22-24-26-28-30-32-34-36-38-40-42-43-44-45-47-49-51-53-55-57-59-61-63-65-67-69-71-73-75-77-79-81-88(93)99-86(85-98-90(89(94)95)96-83-82-91(3,4)5)84-97-87(92)80-78-76-74-72-70-68-66-64-62-60-58-56-54-52-50-48-46-41-39-37-35-33-31-29-27-25-23-21-19-17-15-13-11-9-7-2/h8,10,14,16,20,22,26,28,32,34,86,90H,6-7,9,11-13,15,17-19,21,23-25,27,29-31,33,35-85H2,1-5H3/p+1/b10-8-,16-14-,22-20-,28-26-,34-32-. The van der Waals surface area contributed by atoms with E-state index in [1.165, 1.54) is 340 Å². The number of allylic oxidation sites excluding steroid dienone is 10. The van der Waals surface area contributed by atoms with Gasteiger partial charge in [-0.2, -0.15) is 0 Å². The van der Waals surface area contributed by atoms with Gasteiger partial charge in [0, 0.05) is 12.8 Å². The summed E-state index contributed by atoms with van der Waals surface area (Å²) in [6.45, 7) is 4.85. The van der Waals surface area contributed by atoms with Crippen LogP contribution in [0.25, 0.3) is 0 Å². The van der Waals surface area contributed by atoms with E-state index in [0.29, 0.717) is 17.4 Å². The molecule has 0 aliphatic rings. The number of carboxylic acid groups (broad SMARTS) is 1. The first-order valence-corrected chi connectivity index (χ1v) is 43.5. The molecule has 99 heavy (non-hydrogen) atoms. The zero-order valence-corrected chi connectivity index (χ0v) is 66.7. The van der Waals surface area contributed by atoms with Gasteiger partial charge in [0.1, 0.15) is 13.2 Å². The molecule has 2 unspecified atom stereocenters. The summed E-state index contributed by atoms with van der Waals surface area (Å²) in [6, 6.07) is 0. The molecular weight excluding hydrogens is 1220 g/mol. The summed E-state index contributed by atoms with van der Waals surface area (Å²) in [4.78, 5) is 37.8. The molecule has 2 atom stereocenters. The van der Waals surface area contributed by atoms with E-state index < -0.39 is 18.4 Å². The van der Waals surface area contributed by atoms with Crippen molar-refractivity contribution in [1.82, 2.24) is 0 Å². The number of carbonyl (C=O) groups excluding carboxylic acids is 2. The minimum atomic E-state index is -1.51. The molecule has 580 valence electrons. The molecule has 0 spiro atoms. The largest absolute Gasteiger partial charge is 0.477 e. The number of unbranched alkanes of at least 4 members (excludes halogenated alkanes) is 57. The van der Waals surface area contributed by atoms with Gasteiger partial charge in [0.25, 0.3) is 6.29 Å². The van der Waals surface area contributed by atoms with Gasteiger partial charge in [-0.25, -0.2) is 4.79 Å². The Kier molecular flexibility index (Phi) is 78.2. The predicted octanol–water partition coefficient (Wildman–Crippen LogP) is 28.2. The quantitative estimate of drug-likeness (QED) is 0.0211. The lowest BCUT2D eigenvalue weighted by Gasteiger charge is -2.25. The van der Waals surface area contributed by atoms with E-state index in [0.717, 1.165) is 70.6 Å².